The molecular weight excluding hydrogens is 222 g/mol. The lowest BCUT2D eigenvalue weighted by atomic mass is 9.48. The molecule has 1 aromatic rings. The molecule has 1 spiro atoms. The standard InChI is InChI=1S/C16H19NO/c1-13-4-2-3-5-14(13)16(12-17)10-15(11-16)6-8-18-9-7-15/h2-5H,6-11H2,1H3. The van der Waals surface area contributed by atoms with Gasteiger partial charge in [-0.1, -0.05) is 24.3 Å². The molecule has 18 heavy (non-hydrogen) atoms. The van der Waals surface area contributed by atoms with Crippen molar-refractivity contribution < 1.29 is 4.74 Å². The Bertz CT molecular complexity index is 486. The average molecular weight is 241 g/mol. The van der Waals surface area contributed by atoms with Crippen molar-refractivity contribution in [3.05, 3.63) is 35.4 Å². The zero-order chi connectivity index (χ0) is 12.6. The van der Waals surface area contributed by atoms with Gasteiger partial charge >= 0.3 is 0 Å². The maximum Gasteiger partial charge on any atom is 0.0835 e. The fourth-order valence-corrected chi connectivity index (χ4v) is 3.83. The Morgan fingerprint density at radius 2 is 1.83 bits per heavy atom. The van der Waals surface area contributed by atoms with Gasteiger partial charge in [0.15, 0.2) is 0 Å². The van der Waals surface area contributed by atoms with Crippen molar-refractivity contribution in [1.29, 1.82) is 5.26 Å². The van der Waals surface area contributed by atoms with Gasteiger partial charge < -0.3 is 4.74 Å². The molecule has 0 aromatic heterocycles. The number of rotatable bonds is 1. The van der Waals surface area contributed by atoms with Crippen LogP contribution in [0.2, 0.25) is 0 Å². The first-order valence-electron chi connectivity index (χ1n) is 6.75. The van der Waals surface area contributed by atoms with E-state index >= 15 is 0 Å². The molecule has 0 N–H and O–H groups in total. The quantitative estimate of drug-likeness (QED) is 0.755. The van der Waals surface area contributed by atoms with Crippen LogP contribution in [-0.4, -0.2) is 13.2 Å². The lowest BCUT2D eigenvalue weighted by molar-refractivity contribution is -0.0579. The van der Waals surface area contributed by atoms with Gasteiger partial charge in [-0.25, -0.2) is 0 Å². The Labute approximate surface area is 109 Å². The van der Waals surface area contributed by atoms with Crippen molar-refractivity contribution in [2.24, 2.45) is 5.41 Å². The second-order valence-electron chi connectivity index (χ2n) is 5.97. The maximum absolute atomic E-state index is 9.65. The third-order valence-corrected chi connectivity index (χ3v) is 4.78. The predicted octanol–water partition coefficient (Wildman–Crippen LogP) is 3.35. The molecule has 2 aliphatic rings. The summed E-state index contributed by atoms with van der Waals surface area (Å²) in [6.07, 6.45) is 4.29. The van der Waals surface area contributed by atoms with E-state index in [1.807, 2.05) is 6.07 Å². The summed E-state index contributed by atoms with van der Waals surface area (Å²) in [5, 5.41) is 9.65. The van der Waals surface area contributed by atoms with E-state index in [-0.39, 0.29) is 5.41 Å². The molecule has 0 atom stereocenters. The normalized spacial score (nSPS) is 24.2. The average Bonchev–Trinajstić information content (AvgIpc) is 2.37. The highest BCUT2D eigenvalue weighted by Crippen LogP contribution is 2.60. The van der Waals surface area contributed by atoms with Gasteiger partial charge in [-0.3, -0.25) is 0 Å². The topological polar surface area (TPSA) is 33.0 Å². The molecule has 0 bridgehead atoms. The fraction of sp³-hybridized carbons (Fsp3) is 0.562. The van der Waals surface area contributed by atoms with Gasteiger partial charge in [0.1, 0.15) is 0 Å². The highest BCUT2D eigenvalue weighted by atomic mass is 16.5. The molecule has 1 saturated heterocycles. The van der Waals surface area contributed by atoms with E-state index < -0.39 is 0 Å². The van der Waals surface area contributed by atoms with Crippen LogP contribution < -0.4 is 0 Å². The largest absolute Gasteiger partial charge is 0.381 e. The van der Waals surface area contributed by atoms with E-state index in [0.29, 0.717) is 5.41 Å². The first kappa shape index (κ1) is 11.7. The highest BCUT2D eigenvalue weighted by Gasteiger charge is 2.56. The zero-order valence-corrected chi connectivity index (χ0v) is 10.9. The second kappa shape index (κ2) is 4.10. The summed E-state index contributed by atoms with van der Waals surface area (Å²) in [5.74, 6) is 0. The molecule has 1 saturated carbocycles. The van der Waals surface area contributed by atoms with Crippen LogP contribution in [0.15, 0.2) is 24.3 Å². The minimum atomic E-state index is -0.233. The molecule has 2 heteroatoms. The molecule has 94 valence electrons. The van der Waals surface area contributed by atoms with E-state index in [1.165, 1.54) is 11.1 Å². The maximum atomic E-state index is 9.65. The number of nitriles is 1. The first-order valence-corrected chi connectivity index (χ1v) is 6.75. The van der Waals surface area contributed by atoms with Crippen LogP contribution in [0.5, 0.6) is 0 Å². The van der Waals surface area contributed by atoms with Crippen molar-refractivity contribution in [3.8, 4) is 6.07 Å². The molecule has 0 radical (unpaired) electrons. The molecule has 2 fully saturated rings. The molecule has 0 amide bonds. The van der Waals surface area contributed by atoms with Crippen LogP contribution in [-0.2, 0) is 10.2 Å². The van der Waals surface area contributed by atoms with Gasteiger partial charge in [-0.15, -0.1) is 0 Å². The monoisotopic (exact) mass is 241 g/mol. The second-order valence-corrected chi connectivity index (χ2v) is 5.97. The highest BCUT2D eigenvalue weighted by molar-refractivity contribution is 5.42. The summed E-state index contributed by atoms with van der Waals surface area (Å²) in [6, 6.07) is 10.9. The molecule has 3 rings (SSSR count). The number of hydrogen-bond acceptors (Lipinski definition) is 2. The molecular formula is C16H19NO. The predicted molar refractivity (Wildman–Crippen MR) is 70.2 cm³/mol. The molecule has 2 nitrogen and oxygen atoms in total. The Hall–Kier alpha value is -1.33. The van der Waals surface area contributed by atoms with Crippen LogP contribution in [0, 0.1) is 23.7 Å². The van der Waals surface area contributed by atoms with Gasteiger partial charge in [0.2, 0.25) is 0 Å². The van der Waals surface area contributed by atoms with Crippen LogP contribution in [0.3, 0.4) is 0 Å². The van der Waals surface area contributed by atoms with Gasteiger partial charge in [0.25, 0.3) is 0 Å². The zero-order valence-electron chi connectivity index (χ0n) is 10.9. The molecule has 1 heterocycles. The number of ether oxygens (including phenoxy) is 1. The summed E-state index contributed by atoms with van der Waals surface area (Å²) < 4.78 is 5.45. The lowest BCUT2D eigenvalue weighted by Gasteiger charge is -2.55. The van der Waals surface area contributed by atoms with E-state index in [0.717, 1.165) is 38.9 Å². The van der Waals surface area contributed by atoms with Crippen LogP contribution in [0.4, 0.5) is 0 Å². The van der Waals surface area contributed by atoms with Crippen molar-refractivity contribution in [2.45, 2.75) is 38.0 Å². The first-order chi connectivity index (χ1) is 8.70. The van der Waals surface area contributed by atoms with E-state index in [2.05, 4.69) is 31.2 Å². The summed E-state index contributed by atoms with van der Waals surface area (Å²) in [7, 11) is 0. The fourth-order valence-electron chi connectivity index (χ4n) is 3.83. The van der Waals surface area contributed by atoms with E-state index in [4.69, 9.17) is 4.74 Å². The molecule has 1 aliphatic heterocycles. The van der Waals surface area contributed by atoms with Crippen molar-refractivity contribution >= 4 is 0 Å². The summed E-state index contributed by atoms with van der Waals surface area (Å²) >= 11 is 0. The van der Waals surface area contributed by atoms with Gasteiger partial charge in [0, 0.05) is 13.2 Å². The SMILES string of the molecule is Cc1ccccc1C1(C#N)CC2(CCOCC2)C1. The van der Waals surface area contributed by atoms with E-state index in [9.17, 15) is 5.26 Å². The number of benzene rings is 1. The molecule has 1 aliphatic carbocycles. The van der Waals surface area contributed by atoms with Gasteiger partial charge in [-0.2, -0.15) is 5.26 Å². The summed E-state index contributed by atoms with van der Waals surface area (Å²) in [6.45, 7) is 3.86. The summed E-state index contributed by atoms with van der Waals surface area (Å²) in [5.41, 5.74) is 2.64. The van der Waals surface area contributed by atoms with Crippen LogP contribution in [0.25, 0.3) is 0 Å². The van der Waals surface area contributed by atoms with Crippen molar-refractivity contribution in [1.82, 2.24) is 0 Å². The smallest absolute Gasteiger partial charge is 0.0835 e. The third kappa shape index (κ3) is 1.66. The van der Waals surface area contributed by atoms with Crippen molar-refractivity contribution in [2.75, 3.05) is 13.2 Å². The van der Waals surface area contributed by atoms with Gasteiger partial charge in [0.05, 0.1) is 11.5 Å². The Balaban J connectivity index is 1.87. The van der Waals surface area contributed by atoms with Crippen molar-refractivity contribution in [3.63, 3.8) is 0 Å². The summed E-state index contributed by atoms with van der Waals surface area (Å²) in [4.78, 5) is 0. The number of aryl methyl sites for hydroxylation is 1. The van der Waals surface area contributed by atoms with Crippen LogP contribution >= 0.6 is 0 Å². The van der Waals surface area contributed by atoms with E-state index in [1.54, 1.807) is 0 Å². The Morgan fingerprint density at radius 1 is 1.17 bits per heavy atom. The Morgan fingerprint density at radius 3 is 2.44 bits per heavy atom. The number of nitrogens with zero attached hydrogens (tertiary/aromatic N) is 1. The third-order valence-electron chi connectivity index (χ3n) is 4.78. The number of hydrogen-bond donors (Lipinski definition) is 0. The van der Waals surface area contributed by atoms with Crippen LogP contribution in [0.1, 0.15) is 36.8 Å². The Kier molecular flexibility index (Phi) is 2.68. The minimum absolute atomic E-state index is 0.233. The molecule has 0 unspecified atom stereocenters. The lowest BCUT2D eigenvalue weighted by Crippen LogP contribution is -2.51. The molecule has 1 aromatic carbocycles. The minimum Gasteiger partial charge on any atom is -0.381 e. The van der Waals surface area contributed by atoms with Gasteiger partial charge in [-0.05, 0) is 49.1 Å².